The first-order valence-corrected chi connectivity index (χ1v) is 7.98. The van der Waals surface area contributed by atoms with Crippen molar-refractivity contribution in [3.63, 3.8) is 0 Å². The average Bonchev–Trinajstić information content (AvgIpc) is 2.40. The molecule has 0 saturated heterocycles. The van der Waals surface area contributed by atoms with Gasteiger partial charge >= 0.3 is 0 Å². The molecule has 1 aromatic carbocycles. The van der Waals surface area contributed by atoms with Gasteiger partial charge in [0.25, 0.3) is 0 Å². The topological polar surface area (TPSA) is 9.23 Å². The third-order valence-corrected chi connectivity index (χ3v) is 3.72. The molecule has 1 atom stereocenters. The minimum absolute atomic E-state index is 0.216. The van der Waals surface area contributed by atoms with E-state index in [1.54, 1.807) is 0 Å². The summed E-state index contributed by atoms with van der Waals surface area (Å²) >= 11 is 0. The molecule has 1 aromatic rings. The van der Waals surface area contributed by atoms with Gasteiger partial charge in [-0.2, -0.15) is 0 Å². The lowest BCUT2D eigenvalue weighted by Gasteiger charge is -2.47. The van der Waals surface area contributed by atoms with Crippen LogP contribution in [0.3, 0.4) is 0 Å². The Morgan fingerprint density at radius 1 is 1.16 bits per heavy atom. The summed E-state index contributed by atoms with van der Waals surface area (Å²) in [6.07, 6.45) is 6.32. The van der Waals surface area contributed by atoms with Crippen LogP contribution in [0.25, 0.3) is 0 Å². The highest BCUT2D eigenvalue weighted by molar-refractivity contribution is 5.39. The van der Waals surface area contributed by atoms with Gasteiger partial charge in [0.05, 0.1) is 0 Å². The summed E-state index contributed by atoms with van der Waals surface area (Å²) in [7, 11) is 0. The van der Waals surface area contributed by atoms with Gasteiger partial charge in [-0.25, -0.2) is 0 Å². The molecule has 1 heteroatoms. The number of para-hydroxylation sites is 1. The summed E-state index contributed by atoms with van der Waals surface area (Å²) in [5, 5.41) is 0. The third-order valence-electron chi connectivity index (χ3n) is 3.72. The molecule has 0 amide bonds. The van der Waals surface area contributed by atoms with Crippen LogP contribution in [-0.4, -0.2) is 5.60 Å². The van der Waals surface area contributed by atoms with Gasteiger partial charge in [-0.15, -0.1) is 0 Å². The molecule has 19 heavy (non-hydrogen) atoms. The van der Waals surface area contributed by atoms with Crippen molar-refractivity contribution in [3.8, 4) is 5.75 Å². The van der Waals surface area contributed by atoms with Gasteiger partial charge in [0.1, 0.15) is 11.4 Å². The van der Waals surface area contributed by atoms with E-state index in [2.05, 4.69) is 45.0 Å². The van der Waals surface area contributed by atoms with E-state index in [0.29, 0.717) is 5.92 Å². The molecule has 108 valence electrons. The molecule has 2 aliphatic rings. The third kappa shape index (κ3) is 3.75. The largest absolute Gasteiger partial charge is 0.487 e. The molecule has 1 spiro atoms. The van der Waals surface area contributed by atoms with Gasteiger partial charge in [0.2, 0.25) is 0 Å². The Hall–Kier alpha value is -0.980. The molecule has 1 nitrogen and oxygen atoms in total. The quantitative estimate of drug-likeness (QED) is 0.562. The van der Waals surface area contributed by atoms with Crippen molar-refractivity contribution < 1.29 is 4.74 Å². The zero-order valence-corrected chi connectivity index (χ0v) is 13.3. The van der Waals surface area contributed by atoms with E-state index in [1.165, 1.54) is 37.7 Å². The monoisotopic (exact) mass is 262 g/mol. The molecule has 1 saturated carbocycles. The number of hydrogen-bond donors (Lipinski definition) is 0. The predicted molar refractivity (Wildman–Crippen MR) is 84.0 cm³/mol. The standard InChI is InChI=1S/C13H16O.C3H8.C2H6/c1-10-9-13(7-4-8-13)14-12-6-3-2-5-11(10)12;1-3-2;1-2/h2-3,5-6,10H,4,7-9H2,1H3;3H2,1-2H3;1-2H3. The van der Waals surface area contributed by atoms with E-state index < -0.39 is 0 Å². The molecule has 1 heterocycles. The van der Waals surface area contributed by atoms with Crippen LogP contribution < -0.4 is 4.74 Å². The van der Waals surface area contributed by atoms with Crippen LogP contribution in [0, 0.1) is 0 Å². The van der Waals surface area contributed by atoms with Crippen molar-refractivity contribution in [2.75, 3.05) is 0 Å². The summed E-state index contributed by atoms with van der Waals surface area (Å²) < 4.78 is 6.13. The minimum Gasteiger partial charge on any atom is -0.487 e. The lowest BCUT2D eigenvalue weighted by atomic mass is 9.71. The Labute approximate surface area is 119 Å². The van der Waals surface area contributed by atoms with Gasteiger partial charge in [-0.05, 0) is 43.2 Å². The van der Waals surface area contributed by atoms with E-state index in [0.717, 1.165) is 5.75 Å². The molecule has 1 aliphatic carbocycles. The van der Waals surface area contributed by atoms with Crippen LogP contribution in [0.4, 0.5) is 0 Å². The molecule has 0 aromatic heterocycles. The lowest BCUT2D eigenvalue weighted by Crippen LogP contribution is -2.46. The van der Waals surface area contributed by atoms with Gasteiger partial charge in [-0.3, -0.25) is 0 Å². The van der Waals surface area contributed by atoms with Gasteiger partial charge in [0.15, 0.2) is 0 Å². The number of rotatable bonds is 0. The van der Waals surface area contributed by atoms with E-state index >= 15 is 0 Å². The highest BCUT2D eigenvalue weighted by Crippen LogP contribution is 2.49. The first kappa shape index (κ1) is 16.1. The number of benzene rings is 1. The molecule has 1 unspecified atom stereocenters. The fourth-order valence-corrected chi connectivity index (χ4v) is 2.80. The van der Waals surface area contributed by atoms with Gasteiger partial charge in [-0.1, -0.05) is 59.2 Å². The zero-order valence-electron chi connectivity index (χ0n) is 13.3. The van der Waals surface area contributed by atoms with Crippen molar-refractivity contribution >= 4 is 0 Å². The van der Waals surface area contributed by atoms with Crippen LogP contribution in [0.2, 0.25) is 0 Å². The second-order valence-electron chi connectivity index (χ2n) is 5.49. The number of ether oxygens (including phenoxy) is 1. The SMILES string of the molecule is CC.CC1CC2(CCC2)Oc2ccccc21.CCC. The van der Waals surface area contributed by atoms with Crippen LogP contribution in [0.15, 0.2) is 24.3 Å². The summed E-state index contributed by atoms with van der Waals surface area (Å²) in [6, 6.07) is 8.50. The van der Waals surface area contributed by atoms with Crippen molar-refractivity contribution in [2.24, 2.45) is 0 Å². The fraction of sp³-hybridized carbons (Fsp3) is 0.667. The smallest absolute Gasteiger partial charge is 0.123 e. The molecule has 3 rings (SSSR count). The Morgan fingerprint density at radius 3 is 2.26 bits per heavy atom. The van der Waals surface area contributed by atoms with E-state index in [4.69, 9.17) is 4.74 Å². The molecular formula is C18H30O. The van der Waals surface area contributed by atoms with E-state index in [9.17, 15) is 0 Å². The maximum atomic E-state index is 6.13. The van der Waals surface area contributed by atoms with Crippen molar-refractivity contribution in [3.05, 3.63) is 29.8 Å². The van der Waals surface area contributed by atoms with Crippen molar-refractivity contribution in [1.29, 1.82) is 0 Å². The molecule has 1 fully saturated rings. The van der Waals surface area contributed by atoms with Gasteiger partial charge < -0.3 is 4.74 Å². The van der Waals surface area contributed by atoms with Crippen molar-refractivity contribution in [1.82, 2.24) is 0 Å². The summed E-state index contributed by atoms with van der Waals surface area (Å²) in [5.74, 6) is 1.80. The summed E-state index contributed by atoms with van der Waals surface area (Å²) in [6.45, 7) is 10.6. The lowest BCUT2D eigenvalue weighted by molar-refractivity contribution is -0.0317. The van der Waals surface area contributed by atoms with Crippen molar-refractivity contribution in [2.45, 2.75) is 78.2 Å². The molecule has 0 radical (unpaired) electrons. The molecule has 0 bridgehead atoms. The number of hydrogen-bond acceptors (Lipinski definition) is 1. The molecule has 1 aliphatic heterocycles. The Kier molecular flexibility index (Phi) is 6.41. The summed E-state index contributed by atoms with van der Waals surface area (Å²) in [5.41, 5.74) is 1.61. The van der Waals surface area contributed by atoms with E-state index in [1.807, 2.05) is 13.8 Å². The fourth-order valence-electron chi connectivity index (χ4n) is 2.80. The predicted octanol–water partition coefficient (Wildman–Crippen LogP) is 5.94. The van der Waals surface area contributed by atoms with Gasteiger partial charge in [0, 0.05) is 0 Å². The normalized spacial score (nSPS) is 21.6. The minimum atomic E-state index is 0.216. The highest BCUT2D eigenvalue weighted by atomic mass is 16.5. The molecular weight excluding hydrogens is 232 g/mol. The first-order chi connectivity index (χ1) is 9.21. The highest BCUT2D eigenvalue weighted by Gasteiger charge is 2.44. The summed E-state index contributed by atoms with van der Waals surface area (Å²) in [4.78, 5) is 0. The maximum Gasteiger partial charge on any atom is 0.123 e. The van der Waals surface area contributed by atoms with Crippen LogP contribution in [0.5, 0.6) is 5.75 Å². The van der Waals surface area contributed by atoms with Crippen LogP contribution >= 0.6 is 0 Å². The number of fused-ring (bicyclic) bond motifs is 1. The maximum absolute atomic E-state index is 6.13. The Bertz CT molecular complexity index is 366. The second kappa shape index (κ2) is 7.57. The molecule has 0 N–H and O–H groups in total. The first-order valence-electron chi connectivity index (χ1n) is 7.98. The average molecular weight is 262 g/mol. The zero-order chi connectivity index (χ0) is 14.3. The second-order valence-corrected chi connectivity index (χ2v) is 5.49. The Balaban J connectivity index is 0.000000321. The Morgan fingerprint density at radius 2 is 1.74 bits per heavy atom. The van der Waals surface area contributed by atoms with E-state index in [-0.39, 0.29) is 5.60 Å². The van der Waals surface area contributed by atoms with Crippen LogP contribution in [-0.2, 0) is 0 Å². The van der Waals surface area contributed by atoms with Crippen LogP contribution in [0.1, 0.15) is 78.2 Å².